The lowest BCUT2D eigenvalue weighted by atomic mass is 10.0. The SMILES string of the molecule is COc1nc(-c2ccnc(-c3cccc(Nc4ncnc(CNC[C@H]5CCC(=O)N5)c4F)c3C)c2Cl)ccc1CNC[C@@H]1CCC(=O)N1. The maximum Gasteiger partial charge on any atom is 0.220 e. The lowest BCUT2D eigenvalue weighted by Gasteiger charge is -2.16. The first-order valence-corrected chi connectivity index (χ1v) is 16.2. The van der Waals surface area contributed by atoms with Crippen LogP contribution in [0.15, 0.2) is 48.9 Å². The van der Waals surface area contributed by atoms with Crippen molar-refractivity contribution in [3.8, 4) is 28.4 Å². The van der Waals surface area contributed by atoms with Crippen molar-refractivity contribution in [2.45, 2.75) is 57.8 Å². The van der Waals surface area contributed by atoms with Crippen LogP contribution in [0.1, 0.15) is 42.5 Å². The van der Waals surface area contributed by atoms with Gasteiger partial charge < -0.3 is 31.3 Å². The highest BCUT2D eigenvalue weighted by Crippen LogP contribution is 2.38. The van der Waals surface area contributed by atoms with Crippen molar-refractivity contribution < 1.29 is 18.7 Å². The zero-order valence-electron chi connectivity index (χ0n) is 26.7. The van der Waals surface area contributed by atoms with Gasteiger partial charge >= 0.3 is 0 Å². The summed E-state index contributed by atoms with van der Waals surface area (Å²) >= 11 is 6.99. The maximum absolute atomic E-state index is 15.5. The molecule has 12 nitrogen and oxygen atoms in total. The van der Waals surface area contributed by atoms with Crippen LogP contribution in [0.4, 0.5) is 15.9 Å². The van der Waals surface area contributed by atoms with Gasteiger partial charge in [0, 0.05) is 79.7 Å². The van der Waals surface area contributed by atoms with Crippen LogP contribution in [-0.2, 0) is 22.7 Å². The maximum atomic E-state index is 15.5. The second-order valence-corrected chi connectivity index (χ2v) is 12.2. The molecular weight excluding hydrogens is 637 g/mol. The standard InChI is InChI=1S/C34H37ClFN9O3/c1-19-23(4-3-5-25(19)44-33-31(36)27(40-18-41-33)17-38-16-22-8-11-29(47)43-22)32-30(35)24(12-13-39-32)26-9-6-20(34(45-26)48-2)14-37-15-21-7-10-28(46)42-21/h3-6,9,12-13,18,21-22,37-38H,7-8,10-11,14-17H2,1-2H3,(H,42,46)(H,43,47)(H,40,41,44)/t21-,22+/m0/s1. The summed E-state index contributed by atoms with van der Waals surface area (Å²) in [6.07, 6.45) is 5.63. The topological polar surface area (TPSA) is 155 Å². The number of hydrogen-bond donors (Lipinski definition) is 5. The highest BCUT2D eigenvalue weighted by Gasteiger charge is 2.22. The molecule has 2 aliphatic rings. The van der Waals surface area contributed by atoms with Gasteiger partial charge in [-0.05, 0) is 43.5 Å². The molecule has 2 atom stereocenters. The fourth-order valence-electron chi connectivity index (χ4n) is 5.94. The molecular formula is C34H37ClFN9O3. The van der Waals surface area contributed by atoms with Crippen LogP contribution in [0.3, 0.4) is 0 Å². The number of pyridine rings is 2. The first-order chi connectivity index (χ1) is 23.3. The van der Waals surface area contributed by atoms with E-state index in [0.717, 1.165) is 29.5 Å². The molecule has 2 amide bonds. The van der Waals surface area contributed by atoms with Gasteiger partial charge in [-0.25, -0.2) is 19.3 Å². The Morgan fingerprint density at radius 1 is 0.938 bits per heavy atom. The second kappa shape index (κ2) is 15.0. The molecule has 0 bridgehead atoms. The van der Waals surface area contributed by atoms with Crippen molar-refractivity contribution in [3.63, 3.8) is 0 Å². The van der Waals surface area contributed by atoms with Gasteiger partial charge in [0.05, 0.1) is 29.2 Å². The Labute approximate surface area is 282 Å². The molecule has 6 rings (SSSR count). The van der Waals surface area contributed by atoms with Gasteiger partial charge in [-0.2, -0.15) is 0 Å². The van der Waals surface area contributed by atoms with E-state index in [2.05, 4.69) is 41.5 Å². The largest absolute Gasteiger partial charge is 0.481 e. The summed E-state index contributed by atoms with van der Waals surface area (Å²) in [5.74, 6) is 0.0728. The van der Waals surface area contributed by atoms with Crippen LogP contribution in [0, 0.1) is 12.7 Å². The van der Waals surface area contributed by atoms with Gasteiger partial charge in [0.1, 0.15) is 6.33 Å². The van der Waals surface area contributed by atoms with Gasteiger partial charge in [0.25, 0.3) is 0 Å². The summed E-state index contributed by atoms with van der Waals surface area (Å²) in [4.78, 5) is 40.5. The Morgan fingerprint density at radius 2 is 1.67 bits per heavy atom. The molecule has 48 heavy (non-hydrogen) atoms. The molecule has 0 aliphatic carbocycles. The number of methoxy groups -OCH3 is 1. The summed E-state index contributed by atoms with van der Waals surface area (Å²) in [6.45, 7) is 3.81. The normalized spacial score (nSPS) is 17.3. The third-order valence-electron chi connectivity index (χ3n) is 8.56. The molecule has 4 aromatic rings. The molecule has 2 fully saturated rings. The van der Waals surface area contributed by atoms with Crippen LogP contribution in [-0.4, -0.2) is 64.0 Å². The van der Waals surface area contributed by atoms with Crippen molar-refractivity contribution >= 4 is 34.9 Å². The number of nitrogens with one attached hydrogen (secondary N) is 5. The number of amides is 2. The van der Waals surface area contributed by atoms with Crippen LogP contribution in [0.2, 0.25) is 5.02 Å². The van der Waals surface area contributed by atoms with Gasteiger partial charge in [-0.1, -0.05) is 29.8 Å². The minimum atomic E-state index is -0.563. The summed E-state index contributed by atoms with van der Waals surface area (Å²) < 4.78 is 21.1. The quantitative estimate of drug-likeness (QED) is 0.140. The smallest absolute Gasteiger partial charge is 0.220 e. The Kier molecular flexibility index (Phi) is 10.4. The van der Waals surface area contributed by atoms with E-state index in [-0.39, 0.29) is 42.0 Å². The highest BCUT2D eigenvalue weighted by atomic mass is 35.5. The Morgan fingerprint density at radius 3 is 2.35 bits per heavy atom. The molecule has 2 saturated heterocycles. The Bertz CT molecular complexity index is 1830. The molecule has 250 valence electrons. The number of halogens is 2. The molecule has 1 aromatic carbocycles. The van der Waals surface area contributed by atoms with Crippen LogP contribution in [0.25, 0.3) is 22.5 Å². The minimum absolute atomic E-state index is 0.0302. The van der Waals surface area contributed by atoms with Crippen molar-refractivity contribution in [3.05, 3.63) is 76.6 Å². The predicted octanol–water partition coefficient (Wildman–Crippen LogP) is 4.19. The Hall–Kier alpha value is -4.72. The number of anilines is 2. The van der Waals surface area contributed by atoms with Crippen molar-refractivity contribution in [2.24, 2.45) is 0 Å². The first-order valence-electron chi connectivity index (χ1n) is 15.9. The van der Waals surface area contributed by atoms with E-state index in [1.54, 1.807) is 19.4 Å². The van der Waals surface area contributed by atoms with E-state index in [4.69, 9.17) is 21.3 Å². The minimum Gasteiger partial charge on any atom is -0.481 e. The van der Waals surface area contributed by atoms with Gasteiger partial charge in [0.2, 0.25) is 17.7 Å². The van der Waals surface area contributed by atoms with Gasteiger partial charge in [-0.15, -0.1) is 0 Å². The molecule has 5 N–H and O–H groups in total. The third kappa shape index (κ3) is 7.53. The average molecular weight is 674 g/mol. The number of carbonyl (C=O) groups is 2. The van der Waals surface area contributed by atoms with Crippen molar-refractivity contribution in [2.75, 3.05) is 25.5 Å². The zero-order valence-corrected chi connectivity index (χ0v) is 27.5. The number of carbonyl (C=O) groups excluding carboxylic acids is 2. The van der Waals surface area contributed by atoms with E-state index in [1.165, 1.54) is 6.33 Å². The van der Waals surface area contributed by atoms with E-state index < -0.39 is 5.82 Å². The lowest BCUT2D eigenvalue weighted by Crippen LogP contribution is -2.35. The molecule has 2 aliphatic heterocycles. The molecule has 0 spiro atoms. The lowest BCUT2D eigenvalue weighted by molar-refractivity contribution is -0.120. The van der Waals surface area contributed by atoms with E-state index in [0.29, 0.717) is 66.0 Å². The summed E-state index contributed by atoms with van der Waals surface area (Å²) in [7, 11) is 1.57. The summed E-state index contributed by atoms with van der Waals surface area (Å²) in [6, 6.07) is 11.4. The second-order valence-electron chi connectivity index (χ2n) is 11.8. The molecule has 0 saturated carbocycles. The number of benzene rings is 1. The van der Waals surface area contributed by atoms with Crippen molar-refractivity contribution in [1.82, 2.24) is 41.2 Å². The van der Waals surface area contributed by atoms with Crippen LogP contribution in [0.5, 0.6) is 5.88 Å². The average Bonchev–Trinajstić information content (AvgIpc) is 3.70. The van der Waals surface area contributed by atoms with E-state index in [1.807, 2.05) is 37.3 Å². The number of ether oxygens (including phenoxy) is 1. The Balaban J connectivity index is 1.17. The third-order valence-corrected chi connectivity index (χ3v) is 8.94. The van der Waals surface area contributed by atoms with Crippen molar-refractivity contribution in [1.29, 1.82) is 0 Å². The predicted molar refractivity (Wildman–Crippen MR) is 180 cm³/mol. The van der Waals surface area contributed by atoms with Gasteiger partial charge in [-0.3, -0.25) is 14.6 Å². The first kappa shape index (κ1) is 33.2. The monoisotopic (exact) mass is 673 g/mol. The molecule has 0 unspecified atom stereocenters. The molecule has 3 aromatic heterocycles. The zero-order chi connectivity index (χ0) is 33.6. The molecule has 0 radical (unpaired) electrons. The van der Waals surface area contributed by atoms with Crippen LogP contribution < -0.4 is 31.3 Å². The highest BCUT2D eigenvalue weighted by molar-refractivity contribution is 6.35. The van der Waals surface area contributed by atoms with Gasteiger partial charge in [0.15, 0.2) is 11.6 Å². The van der Waals surface area contributed by atoms with E-state index in [9.17, 15) is 9.59 Å². The number of hydrogen-bond acceptors (Lipinski definition) is 10. The van der Waals surface area contributed by atoms with E-state index >= 15 is 4.39 Å². The number of nitrogens with zero attached hydrogens (tertiary/aromatic N) is 4. The summed E-state index contributed by atoms with van der Waals surface area (Å²) in [5.41, 5.74) is 5.14. The summed E-state index contributed by atoms with van der Waals surface area (Å²) in [5, 5.41) is 15.9. The number of aromatic nitrogens is 4. The van der Waals surface area contributed by atoms with Crippen LogP contribution >= 0.6 is 11.6 Å². The molecule has 5 heterocycles. The number of rotatable bonds is 13. The fourth-order valence-corrected chi connectivity index (χ4v) is 6.25. The fraction of sp³-hybridized carbons (Fsp3) is 0.353. The molecule has 14 heteroatoms.